The van der Waals surface area contributed by atoms with Gasteiger partial charge in [0.2, 0.25) is 5.91 Å². The topological polar surface area (TPSA) is 110 Å². The predicted octanol–water partition coefficient (Wildman–Crippen LogP) is 16.5. The van der Waals surface area contributed by atoms with Gasteiger partial charge in [-0.15, -0.1) is 0 Å². The molecule has 0 radical (unpaired) electrons. The lowest BCUT2D eigenvalue weighted by molar-refractivity contribution is -0.132. The van der Waals surface area contributed by atoms with Gasteiger partial charge in [0.25, 0.3) is 0 Å². The summed E-state index contributed by atoms with van der Waals surface area (Å²) in [6, 6.07) is -0.998. The van der Waals surface area contributed by atoms with Gasteiger partial charge in [-0.25, -0.2) is 0 Å². The molecule has 0 aliphatic heterocycles. The molecule has 0 bridgehead atoms. The highest BCUT2D eigenvalue weighted by molar-refractivity contribution is 5.80. The molecule has 0 aromatic carbocycles. The zero-order valence-electron chi connectivity index (χ0n) is 42.6. The summed E-state index contributed by atoms with van der Waals surface area (Å²) in [7, 11) is 0. The first-order valence-electron chi connectivity index (χ1n) is 28.6. The Morgan fingerprint density at radius 1 is 0.381 bits per heavy atom. The zero-order valence-corrected chi connectivity index (χ0v) is 42.6. The molecule has 63 heavy (non-hydrogen) atoms. The number of allylic oxidation sites excluding steroid dienone is 2. The van der Waals surface area contributed by atoms with E-state index in [4.69, 9.17) is 0 Å². The van der Waals surface area contributed by atoms with Crippen LogP contribution in [0, 0.1) is 0 Å². The van der Waals surface area contributed by atoms with Crippen molar-refractivity contribution in [3.8, 4) is 0 Å². The van der Waals surface area contributed by atoms with Crippen molar-refractivity contribution in [2.75, 3.05) is 6.61 Å². The van der Waals surface area contributed by atoms with Crippen LogP contribution in [0.3, 0.4) is 0 Å². The molecule has 0 fully saturated rings. The number of carbonyl (C=O) groups excluding carboxylic acids is 1. The SMILES string of the molecule is CCCCCCCCCCCCC/C=C/CCCC(O)C(O)C(CO)NC(=O)C(O)CCCCCCCCCCCCCCCCCCCCCCCCCCCCCCCCC. The van der Waals surface area contributed by atoms with Crippen molar-refractivity contribution in [1.82, 2.24) is 5.32 Å². The molecule has 0 spiro atoms. The molecule has 4 unspecified atom stereocenters. The molecule has 0 heterocycles. The maximum absolute atomic E-state index is 12.6. The predicted molar refractivity (Wildman–Crippen MR) is 275 cm³/mol. The number of nitrogens with one attached hydrogen (secondary N) is 1. The first kappa shape index (κ1) is 62.1. The molecule has 0 aromatic rings. The van der Waals surface area contributed by atoms with Crippen LogP contribution in [0.1, 0.15) is 316 Å². The van der Waals surface area contributed by atoms with Crippen LogP contribution in [0.2, 0.25) is 0 Å². The summed E-state index contributed by atoms with van der Waals surface area (Å²) in [6.07, 6.45) is 61.5. The van der Waals surface area contributed by atoms with Gasteiger partial charge in [-0.2, -0.15) is 0 Å². The summed E-state index contributed by atoms with van der Waals surface area (Å²) in [5, 5.41) is 43.9. The summed E-state index contributed by atoms with van der Waals surface area (Å²) in [6.45, 7) is 4.07. The van der Waals surface area contributed by atoms with Crippen LogP contribution in [0.4, 0.5) is 0 Å². The van der Waals surface area contributed by atoms with Crippen molar-refractivity contribution >= 4 is 5.91 Å². The van der Waals surface area contributed by atoms with Crippen LogP contribution >= 0.6 is 0 Å². The number of aliphatic hydroxyl groups excluding tert-OH is 4. The molecule has 376 valence electrons. The number of carbonyl (C=O) groups is 1. The molecule has 0 saturated heterocycles. The molecule has 0 aliphatic rings. The molecule has 6 heteroatoms. The molecule has 1 amide bonds. The highest BCUT2D eigenvalue weighted by Crippen LogP contribution is 2.18. The van der Waals surface area contributed by atoms with Crippen LogP contribution in [-0.4, -0.2) is 57.3 Å². The van der Waals surface area contributed by atoms with E-state index in [1.807, 2.05) is 0 Å². The number of hydrogen-bond acceptors (Lipinski definition) is 5. The Morgan fingerprint density at radius 3 is 0.952 bits per heavy atom. The van der Waals surface area contributed by atoms with Gasteiger partial charge in [-0.3, -0.25) is 4.79 Å². The van der Waals surface area contributed by atoms with Gasteiger partial charge >= 0.3 is 0 Å². The molecule has 0 saturated carbocycles. The van der Waals surface area contributed by atoms with Crippen LogP contribution in [0.5, 0.6) is 0 Å². The van der Waals surface area contributed by atoms with Crippen LogP contribution in [-0.2, 0) is 4.79 Å². The van der Waals surface area contributed by atoms with E-state index in [-0.39, 0.29) is 0 Å². The second-order valence-corrected chi connectivity index (χ2v) is 20.0. The molecular formula is C57H113NO5. The van der Waals surface area contributed by atoms with E-state index < -0.39 is 36.9 Å². The summed E-state index contributed by atoms with van der Waals surface area (Å²) in [4.78, 5) is 12.6. The fourth-order valence-electron chi connectivity index (χ4n) is 9.23. The Balaban J connectivity index is 3.56. The Bertz CT molecular complexity index is 913. The Hall–Kier alpha value is -0.950. The standard InChI is InChI=1S/C57H113NO5/c1-3-5-7-9-11-13-15-17-19-21-22-23-24-25-26-27-28-29-30-31-32-33-34-35-37-39-41-43-45-47-49-51-55(61)57(63)58-53(52-59)56(62)54(60)50-48-46-44-42-40-38-36-20-18-16-14-12-10-8-6-4-2/h42,44,53-56,59-62H,3-41,43,45-52H2,1-2H3,(H,58,63)/b44-42+. The normalized spacial score (nSPS) is 13.8. The van der Waals surface area contributed by atoms with Crippen molar-refractivity contribution < 1.29 is 25.2 Å². The molecular weight excluding hydrogens is 779 g/mol. The molecule has 6 nitrogen and oxygen atoms in total. The third-order valence-corrected chi connectivity index (χ3v) is 13.7. The van der Waals surface area contributed by atoms with Crippen molar-refractivity contribution in [2.24, 2.45) is 0 Å². The van der Waals surface area contributed by atoms with Crippen molar-refractivity contribution in [3.63, 3.8) is 0 Å². The lowest BCUT2D eigenvalue weighted by atomic mass is 10.00. The molecule has 0 aliphatic carbocycles. The van der Waals surface area contributed by atoms with Crippen LogP contribution in [0.15, 0.2) is 12.2 Å². The smallest absolute Gasteiger partial charge is 0.249 e. The second-order valence-electron chi connectivity index (χ2n) is 20.0. The van der Waals surface area contributed by atoms with Gasteiger partial charge in [-0.05, 0) is 38.5 Å². The fraction of sp³-hybridized carbons (Fsp3) is 0.947. The van der Waals surface area contributed by atoms with E-state index in [2.05, 4.69) is 31.3 Å². The molecule has 5 N–H and O–H groups in total. The monoisotopic (exact) mass is 892 g/mol. The van der Waals surface area contributed by atoms with E-state index in [1.54, 1.807) is 0 Å². The zero-order chi connectivity index (χ0) is 45.9. The summed E-state index contributed by atoms with van der Waals surface area (Å²) in [5.41, 5.74) is 0. The lowest BCUT2D eigenvalue weighted by Crippen LogP contribution is -2.53. The minimum Gasteiger partial charge on any atom is -0.394 e. The van der Waals surface area contributed by atoms with Gasteiger partial charge in [0, 0.05) is 0 Å². The van der Waals surface area contributed by atoms with Gasteiger partial charge in [0.1, 0.15) is 12.2 Å². The first-order chi connectivity index (χ1) is 31.0. The van der Waals surface area contributed by atoms with Crippen molar-refractivity contribution in [2.45, 2.75) is 340 Å². The number of rotatable bonds is 53. The number of unbranched alkanes of at least 4 members (excludes halogenated alkanes) is 42. The molecule has 4 atom stereocenters. The Labute approximate surface area is 393 Å². The quantitative estimate of drug-likeness (QED) is 0.0309. The lowest BCUT2D eigenvalue weighted by Gasteiger charge is -2.27. The average Bonchev–Trinajstić information content (AvgIpc) is 3.29. The van der Waals surface area contributed by atoms with E-state index >= 15 is 0 Å². The van der Waals surface area contributed by atoms with Crippen LogP contribution in [0.25, 0.3) is 0 Å². The van der Waals surface area contributed by atoms with Gasteiger partial charge in [0.15, 0.2) is 0 Å². The minimum atomic E-state index is -1.28. The van der Waals surface area contributed by atoms with Gasteiger partial charge < -0.3 is 25.7 Å². The maximum Gasteiger partial charge on any atom is 0.249 e. The molecule has 0 aromatic heterocycles. The van der Waals surface area contributed by atoms with Gasteiger partial charge in [-0.1, -0.05) is 289 Å². The van der Waals surface area contributed by atoms with Gasteiger partial charge in [0.05, 0.1) is 18.8 Å². The minimum absolute atomic E-state index is 0.369. The highest BCUT2D eigenvalue weighted by atomic mass is 16.3. The summed E-state index contributed by atoms with van der Waals surface area (Å²) >= 11 is 0. The number of hydrogen-bond donors (Lipinski definition) is 5. The van der Waals surface area contributed by atoms with E-state index in [1.165, 1.54) is 250 Å². The highest BCUT2D eigenvalue weighted by Gasteiger charge is 2.28. The maximum atomic E-state index is 12.6. The summed E-state index contributed by atoms with van der Waals surface area (Å²) in [5.74, 6) is -0.587. The third-order valence-electron chi connectivity index (χ3n) is 13.7. The van der Waals surface area contributed by atoms with Crippen molar-refractivity contribution in [3.05, 3.63) is 12.2 Å². The first-order valence-corrected chi connectivity index (χ1v) is 28.6. The third kappa shape index (κ3) is 46.0. The molecule has 0 rings (SSSR count). The largest absolute Gasteiger partial charge is 0.394 e. The number of amides is 1. The Kier molecular flexibility index (Phi) is 51.2. The average molecular weight is 893 g/mol. The van der Waals surface area contributed by atoms with E-state index in [0.29, 0.717) is 12.8 Å². The summed E-state index contributed by atoms with van der Waals surface area (Å²) < 4.78 is 0. The Morgan fingerprint density at radius 2 is 0.651 bits per heavy atom. The van der Waals surface area contributed by atoms with Crippen LogP contribution < -0.4 is 5.32 Å². The second kappa shape index (κ2) is 52.0. The van der Waals surface area contributed by atoms with E-state index in [0.717, 1.165) is 38.5 Å². The fourth-order valence-corrected chi connectivity index (χ4v) is 9.23. The van der Waals surface area contributed by atoms with E-state index in [9.17, 15) is 25.2 Å². The number of aliphatic hydroxyl groups is 4. The van der Waals surface area contributed by atoms with Crippen molar-refractivity contribution in [1.29, 1.82) is 0 Å².